The lowest BCUT2D eigenvalue weighted by molar-refractivity contribution is -0.144. The van der Waals surface area contributed by atoms with Crippen molar-refractivity contribution in [3.63, 3.8) is 0 Å². The number of aliphatic imine (C=N–C) groups is 1. The average molecular weight is 301 g/mol. The van der Waals surface area contributed by atoms with Crippen molar-refractivity contribution in [3.8, 4) is 0 Å². The normalized spacial score (nSPS) is 21.8. The molecule has 1 N–H and O–H groups in total. The Kier molecular flexibility index (Phi) is 7.19. The van der Waals surface area contributed by atoms with Gasteiger partial charge in [-0.3, -0.25) is 9.79 Å². The largest absolute Gasteiger partial charge is 0.469 e. The van der Waals surface area contributed by atoms with E-state index >= 15 is 0 Å². The first-order valence-electron chi connectivity index (χ1n) is 7.14. The molecule has 1 fully saturated rings. The van der Waals surface area contributed by atoms with Gasteiger partial charge in [-0.1, -0.05) is 20.8 Å². The second-order valence-electron chi connectivity index (χ2n) is 5.45. The molecule has 1 saturated heterocycles. The highest BCUT2D eigenvalue weighted by molar-refractivity contribution is 8.00. The summed E-state index contributed by atoms with van der Waals surface area (Å²) in [5.74, 6) is 2.30. The Bertz CT molecular complexity index is 347. The second-order valence-corrected chi connectivity index (χ2v) is 6.80. The van der Waals surface area contributed by atoms with Crippen LogP contribution in [0.4, 0.5) is 0 Å². The molecule has 20 heavy (non-hydrogen) atoms. The maximum atomic E-state index is 11.4. The number of hydrogen-bond acceptors (Lipinski definition) is 4. The number of esters is 1. The molecular weight excluding hydrogens is 274 g/mol. The van der Waals surface area contributed by atoms with E-state index in [0.717, 1.165) is 24.8 Å². The quantitative estimate of drug-likeness (QED) is 0.484. The van der Waals surface area contributed by atoms with E-state index in [1.165, 1.54) is 7.11 Å². The number of methoxy groups -OCH3 is 1. The third-order valence-electron chi connectivity index (χ3n) is 3.52. The van der Waals surface area contributed by atoms with Crippen LogP contribution in [0.25, 0.3) is 0 Å². The van der Waals surface area contributed by atoms with Crippen LogP contribution in [0.1, 0.15) is 20.8 Å². The summed E-state index contributed by atoms with van der Waals surface area (Å²) in [5.41, 5.74) is 0. The van der Waals surface area contributed by atoms with E-state index in [1.54, 1.807) is 7.05 Å². The van der Waals surface area contributed by atoms with Crippen LogP contribution in [0.3, 0.4) is 0 Å². The first kappa shape index (κ1) is 17.1. The zero-order valence-corrected chi connectivity index (χ0v) is 14.0. The maximum Gasteiger partial charge on any atom is 0.310 e. The number of nitrogens with one attached hydrogen (secondary N) is 1. The van der Waals surface area contributed by atoms with Crippen molar-refractivity contribution in [2.45, 2.75) is 26.0 Å². The number of guanidine groups is 1. The summed E-state index contributed by atoms with van der Waals surface area (Å²) in [6, 6.07) is 0. The van der Waals surface area contributed by atoms with Gasteiger partial charge in [0.1, 0.15) is 0 Å². The lowest BCUT2D eigenvalue weighted by Gasteiger charge is -2.36. The van der Waals surface area contributed by atoms with E-state index in [1.807, 2.05) is 18.7 Å². The van der Waals surface area contributed by atoms with Crippen molar-refractivity contribution in [1.82, 2.24) is 10.2 Å². The van der Waals surface area contributed by atoms with E-state index in [-0.39, 0.29) is 11.9 Å². The van der Waals surface area contributed by atoms with Gasteiger partial charge >= 0.3 is 5.97 Å². The molecule has 0 aromatic rings. The van der Waals surface area contributed by atoms with Crippen LogP contribution in [-0.2, 0) is 9.53 Å². The van der Waals surface area contributed by atoms with Gasteiger partial charge in [0, 0.05) is 37.7 Å². The van der Waals surface area contributed by atoms with Crippen molar-refractivity contribution < 1.29 is 9.53 Å². The summed E-state index contributed by atoms with van der Waals surface area (Å²) in [5, 5.41) is 3.92. The van der Waals surface area contributed by atoms with Crippen molar-refractivity contribution in [2.75, 3.05) is 39.5 Å². The van der Waals surface area contributed by atoms with Gasteiger partial charge < -0.3 is 15.0 Å². The Labute approximate surface area is 126 Å². The molecule has 0 aromatic carbocycles. The van der Waals surface area contributed by atoms with Gasteiger partial charge in [0.25, 0.3) is 0 Å². The molecule has 1 heterocycles. The fourth-order valence-corrected chi connectivity index (χ4v) is 3.43. The maximum absolute atomic E-state index is 11.4. The van der Waals surface area contributed by atoms with Gasteiger partial charge in [0.05, 0.1) is 13.0 Å². The molecule has 0 spiro atoms. The van der Waals surface area contributed by atoms with Gasteiger partial charge in [-0.05, 0) is 5.92 Å². The number of ether oxygens (including phenoxy) is 1. The molecule has 0 aliphatic carbocycles. The fourth-order valence-electron chi connectivity index (χ4n) is 2.13. The van der Waals surface area contributed by atoms with Crippen LogP contribution in [0, 0.1) is 11.8 Å². The minimum Gasteiger partial charge on any atom is -0.469 e. The molecule has 1 aliphatic heterocycles. The topological polar surface area (TPSA) is 53.9 Å². The zero-order chi connectivity index (χ0) is 15.1. The minimum absolute atomic E-state index is 0.170. The van der Waals surface area contributed by atoms with E-state index in [2.05, 4.69) is 29.1 Å². The number of carbonyl (C=O) groups excluding carboxylic acids is 1. The third-order valence-corrected chi connectivity index (χ3v) is 5.06. The van der Waals surface area contributed by atoms with Gasteiger partial charge in [-0.2, -0.15) is 11.8 Å². The molecule has 0 amide bonds. The Morgan fingerprint density at radius 1 is 1.50 bits per heavy atom. The van der Waals surface area contributed by atoms with Gasteiger partial charge in [-0.25, -0.2) is 0 Å². The molecule has 1 rings (SSSR count). The molecule has 116 valence electrons. The Balaban J connectivity index is 2.52. The fraction of sp³-hybridized carbons (Fsp3) is 0.857. The highest BCUT2D eigenvalue weighted by Crippen LogP contribution is 2.24. The second kappa shape index (κ2) is 8.39. The number of thioether (sulfide) groups is 1. The number of rotatable bonds is 4. The molecule has 6 heteroatoms. The average Bonchev–Trinajstić information content (AvgIpc) is 2.47. The number of hydrogen-bond donors (Lipinski definition) is 1. The number of carbonyl (C=O) groups is 1. The highest BCUT2D eigenvalue weighted by Gasteiger charge is 2.25. The molecular formula is C14H27N3O2S. The van der Waals surface area contributed by atoms with Crippen LogP contribution < -0.4 is 5.32 Å². The lowest BCUT2D eigenvalue weighted by Crippen LogP contribution is -2.50. The van der Waals surface area contributed by atoms with Gasteiger partial charge in [0.15, 0.2) is 5.96 Å². The lowest BCUT2D eigenvalue weighted by atomic mass is 10.1. The summed E-state index contributed by atoms with van der Waals surface area (Å²) in [6.07, 6.45) is 0. The number of nitrogens with zero attached hydrogens (tertiary/aromatic N) is 2. The molecule has 2 atom stereocenters. The zero-order valence-electron chi connectivity index (χ0n) is 13.2. The SMILES string of the molecule is CN=C(NCC(C)C(=O)OC)N1CCSC(C(C)C)C1. The van der Waals surface area contributed by atoms with Crippen molar-refractivity contribution in [1.29, 1.82) is 0 Å². The molecule has 0 radical (unpaired) electrons. The van der Waals surface area contributed by atoms with E-state index in [4.69, 9.17) is 4.74 Å². The van der Waals surface area contributed by atoms with Crippen molar-refractivity contribution >= 4 is 23.7 Å². The van der Waals surface area contributed by atoms with Crippen LogP contribution in [-0.4, -0.2) is 61.6 Å². The summed E-state index contributed by atoms with van der Waals surface area (Å²) in [4.78, 5) is 18.0. The molecule has 0 aromatic heterocycles. The van der Waals surface area contributed by atoms with Crippen molar-refractivity contribution in [3.05, 3.63) is 0 Å². The van der Waals surface area contributed by atoms with Crippen molar-refractivity contribution in [2.24, 2.45) is 16.8 Å². The third kappa shape index (κ3) is 4.89. The molecule has 0 bridgehead atoms. The predicted molar refractivity (Wildman–Crippen MR) is 85.2 cm³/mol. The Morgan fingerprint density at radius 2 is 2.20 bits per heavy atom. The summed E-state index contributed by atoms with van der Waals surface area (Å²) in [7, 11) is 3.21. The molecule has 0 saturated carbocycles. The molecule has 2 unspecified atom stereocenters. The first-order chi connectivity index (χ1) is 9.49. The monoisotopic (exact) mass is 301 g/mol. The molecule has 5 nitrogen and oxygen atoms in total. The smallest absolute Gasteiger partial charge is 0.310 e. The van der Waals surface area contributed by atoms with E-state index < -0.39 is 0 Å². The van der Waals surface area contributed by atoms with Crippen LogP contribution in [0.2, 0.25) is 0 Å². The van der Waals surface area contributed by atoms with Gasteiger partial charge in [-0.15, -0.1) is 0 Å². The first-order valence-corrected chi connectivity index (χ1v) is 8.19. The van der Waals surface area contributed by atoms with E-state index in [9.17, 15) is 4.79 Å². The Morgan fingerprint density at radius 3 is 2.75 bits per heavy atom. The minimum atomic E-state index is -0.192. The summed E-state index contributed by atoms with van der Waals surface area (Å²) in [6.45, 7) is 8.94. The summed E-state index contributed by atoms with van der Waals surface area (Å²) < 4.78 is 4.74. The standard InChI is InChI=1S/C14H27N3O2S/c1-10(2)12-9-17(6-7-20-12)14(15-4)16-8-11(3)13(18)19-5/h10-12H,6-9H2,1-5H3,(H,15,16). The van der Waals surface area contributed by atoms with E-state index in [0.29, 0.717) is 17.7 Å². The summed E-state index contributed by atoms with van der Waals surface area (Å²) >= 11 is 2.04. The van der Waals surface area contributed by atoms with Crippen LogP contribution in [0.15, 0.2) is 4.99 Å². The van der Waals surface area contributed by atoms with Gasteiger partial charge in [0.2, 0.25) is 0 Å². The predicted octanol–water partition coefficient (Wildman–Crippen LogP) is 1.44. The Hall–Kier alpha value is -0.910. The highest BCUT2D eigenvalue weighted by atomic mass is 32.2. The van der Waals surface area contributed by atoms with Crippen LogP contribution in [0.5, 0.6) is 0 Å². The molecule has 1 aliphatic rings. The van der Waals surface area contributed by atoms with Crippen LogP contribution >= 0.6 is 11.8 Å².